The van der Waals surface area contributed by atoms with E-state index in [2.05, 4.69) is 0 Å². The van der Waals surface area contributed by atoms with Crippen molar-refractivity contribution in [3.8, 4) is 6.07 Å². The number of aryl methyl sites for hydroxylation is 2. The topological polar surface area (TPSA) is 119 Å². The lowest BCUT2D eigenvalue weighted by atomic mass is 9.98. The number of nitrogens with zero attached hydrogens (tertiary/aromatic N) is 2. The van der Waals surface area contributed by atoms with E-state index in [1.165, 1.54) is 4.57 Å². The molecule has 2 rings (SSSR count). The highest BCUT2D eigenvalue weighted by Crippen LogP contribution is 2.30. The van der Waals surface area contributed by atoms with Crippen LogP contribution in [0, 0.1) is 29.8 Å². The number of hydrogen-bond acceptors (Lipinski definition) is 7. The zero-order valence-electron chi connectivity index (χ0n) is 12.2. The highest BCUT2D eigenvalue weighted by atomic mass is 32.1. The highest BCUT2D eigenvalue weighted by molar-refractivity contribution is 7.71. The number of aliphatic hydroxyl groups excluding tert-OH is 4. The van der Waals surface area contributed by atoms with Crippen molar-refractivity contribution in [1.29, 1.82) is 5.26 Å². The average Bonchev–Trinajstić information content (AvgIpc) is 2.47. The van der Waals surface area contributed by atoms with Crippen LogP contribution in [-0.4, -0.2) is 56.0 Å². The van der Waals surface area contributed by atoms with E-state index < -0.39 is 37.3 Å². The number of hydrogen-bond donors (Lipinski definition) is 4. The SMILES string of the molecule is Cc1cc(C)n(C2OC(CO)C(O)C(O)C2O)c(=S)c1C#N. The number of ether oxygens (including phenoxy) is 1. The predicted molar refractivity (Wildman–Crippen MR) is 78.5 cm³/mol. The van der Waals surface area contributed by atoms with Crippen LogP contribution in [-0.2, 0) is 4.74 Å². The summed E-state index contributed by atoms with van der Waals surface area (Å²) in [5.41, 5.74) is 1.61. The van der Waals surface area contributed by atoms with Gasteiger partial charge in [-0.2, -0.15) is 5.26 Å². The lowest BCUT2D eigenvalue weighted by Crippen LogP contribution is -2.56. The Morgan fingerprint density at radius 3 is 2.45 bits per heavy atom. The maximum absolute atomic E-state index is 10.2. The van der Waals surface area contributed by atoms with Crippen LogP contribution in [0.25, 0.3) is 0 Å². The van der Waals surface area contributed by atoms with Gasteiger partial charge in [0, 0.05) is 5.69 Å². The second kappa shape index (κ2) is 6.42. The van der Waals surface area contributed by atoms with Gasteiger partial charge in [-0.25, -0.2) is 0 Å². The number of aliphatic hydroxyl groups is 4. The first-order valence-corrected chi connectivity index (χ1v) is 7.17. The van der Waals surface area contributed by atoms with Crippen LogP contribution in [0.2, 0.25) is 0 Å². The fourth-order valence-electron chi connectivity index (χ4n) is 2.65. The molecule has 1 aromatic heterocycles. The number of pyridine rings is 1. The summed E-state index contributed by atoms with van der Waals surface area (Å²) < 4.78 is 7.09. The monoisotopic (exact) mass is 326 g/mol. The summed E-state index contributed by atoms with van der Waals surface area (Å²) in [4.78, 5) is 0. The molecule has 1 aromatic rings. The van der Waals surface area contributed by atoms with Gasteiger partial charge in [0.2, 0.25) is 0 Å². The van der Waals surface area contributed by atoms with Crippen LogP contribution in [0.1, 0.15) is 23.0 Å². The minimum absolute atomic E-state index is 0.171. The van der Waals surface area contributed by atoms with Crippen LogP contribution < -0.4 is 0 Å². The molecule has 5 atom stereocenters. The smallest absolute Gasteiger partial charge is 0.164 e. The molecule has 4 N–H and O–H groups in total. The van der Waals surface area contributed by atoms with Gasteiger partial charge in [0.05, 0.1) is 12.2 Å². The Bertz CT molecular complexity index is 666. The third-order valence-electron chi connectivity index (χ3n) is 3.87. The molecule has 1 aliphatic heterocycles. The molecule has 1 saturated heterocycles. The summed E-state index contributed by atoms with van der Waals surface area (Å²) in [6.07, 6.45) is -6.51. The maximum Gasteiger partial charge on any atom is 0.164 e. The largest absolute Gasteiger partial charge is 0.394 e. The molecule has 22 heavy (non-hydrogen) atoms. The van der Waals surface area contributed by atoms with Crippen molar-refractivity contribution in [2.24, 2.45) is 0 Å². The van der Waals surface area contributed by atoms with E-state index in [1.54, 1.807) is 19.9 Å². The Kier molecular flexibility index (Phi) is 4.97. The van der Waals surface area contributed by atoms with E-state index in [0.29, 0.717) is 11.3 Å². The van der Waals surface area contributed by atoms with Gasteiger partial charge in [0.25, 0.3) is 0 Å². The van der Waals surface area contributed by atoms with E-state index in [-0.39, 0.29) is 10.2 Å². The Balaban J connectivity index is 2.56. The predicted octanol–water partition coefficient (Wildman–Crippen LogP) is -0.321. The molecule has 120 valence electrons. The Hall–Kier alpha value is -1.34. The minimum Gasteiger partial charge on any atom is -0.394 e. The standard InChI is InChI=1S/C14H18N2O5S/c1-6-3-7(2)16(14(22)8(6)4-15)13-12(20)11(19)10(18)9(5-17)21-13/h3,9-13,17-20H,5H2,1-2H3. The lowest BCUT2D eigenvalue weighted by molar-refractivity contribution is -0.252. The normalized spacial score (nSPS) is 31.8. The van der Waals surface area contributed by atoms with Crippen LogP contribution in [0.3, 0.4) is 0 Å². The Morgan fingerprint density at radius 2 is 1.91 bits per heavy atom. The molecule has 5 unspecified atom stereocenters. The average molecular weight is 326 g/mol. The quantitative estimate of drug-likeness (QED) is 0.550. The molecule has 8 heteroatoms. The van der Waals surface area contributed by atoms with E-state index in [1.807, 2.05) is 6.07 Å². The molecule has 2 heterocycles. The summed E-state index contributed by atoms with van der Waals surface area (Å²) >= 11 is 5.29. The van der Waals surface area contributed by atoms with Crippen molar-refractivity contribution in [3.05, 3.63) is 27.5 Å². The fraction of sp³-hybridized carbons (Fsp3) is 0.571. The lowest BCUT2D eigenvalue weighted by Gasteiger charge is -2.41. The third kappa shape index (κ3) is 2.67. The summed E-state index contributed by atoms with van der Waals surface area (Å²) in [5, 5.41) is 48.4. The summed E-state index contributed by atoms with van der Waals surface area (Å²) in [6, 6.07) is 3.72. The zero-order valence-corrected chi connectivity index (χ0v) is 13.0. The first-order valence-electron chi connectivity index (χ1n) is 6.76. The number of nitriles is 1. The maximum atomic E-state index is 10.2. The Labute approximate surface area is 132 Å². The van der Waals surface area contributed by atoms with Crippen molar-refractivity contribution >= 4 is 12.2 Å². The van der Waals surface area contributed by atoms with Gasteiger partial charge < -0.3 is 29.7 Å². The summed E-state index contributed by atoms with van der Waals surface area (Å²) in [7, 11) is 0. The van der Waals surface area contributed by atoms with Gasteiger partial charge in [0.1, 0.15) is 35.1 Å². The number of aromatic nitrogens is 1. The molecule has 0 aromatic carbocycles. The molecule has 0 spiro atoms. The fourth-order valence-corrected chi connectivity index (χ4v) is 3.11. The molecule has 0 aliphatic carbocycles. The zero-order chi connectivity index (χ0) is 16.6. The van der Waals surface area contributed by atoms with Gasteiger partial charge in [-0.05, 0) is 25.5 Å². The van der Waals surface area contributed by atoms with Crippen molar-refractivity contribution in [1.82, 2.24) is 4.57 Å². The third-order valence-corrected chi connectivity index (χ3v) is 4.27. The summed E-state index contributed by atoms with van der Waals surface area (Å²) in [6.45, 7) is 2.95. The molecule has 0 saturated carbocycles. The van der Waals surface area contributed by atoms with Crippen LogP contribution in [0.5, 0.6) is 0 Å². The van der Waals surface area contributed by atoms with Gasteiger partial charge in [-0.15, -0.1) is 0 Å². The van der Waals surface area contributed by atoms with Crippen molar-refractivity contribution < 1.29 is 25.2 Å². The van der Waals surface area contributed by atoms with Gasteiger partial charge >= 0.3 is 0 Å². The molecule has 0 amide bonds. The molecular formula is C14H18N2O5S. The van der Waals surface area contributed by atoms with E-state index >= 15 is 0 Å². The van der Waals surface area contributed by atoms with E-state index in [4.69, 9.17) is 17.0 Å². The molecular weight excluding hydrogens is 308 g/mol. The summed E-state index contributed by atoms with van der Waals surface area (Å²) in [5.74, 6) is 0. The first-order chi connectivity index (χ1) is 10.3. The van der Waals surface area contributed by atoms with Crippen molar-refractivity contribution in [3.63, 3.8) is 0 Å². The van der Waals surface area contributed by atoms with Crippen LogP contribution in [0.4, 0.5) is 0 Å². The molecule has 1 aliphatic rings. The molecule has 1 fully saturated rings. The minimum atomic E-state index is -1.50. The first kappa shape index (κ1) is 17.0. The van der Waals surface area contributed by atoms with Gasteiger partial charge in [-0.3, -0.25) is 0 Å². The number of rotatable bonds is 2. The van der Waals surface area contributed by atoms with Crippen molar-refractivity contribution in [2.45, 2.75) is 44.5 Å². The van der Waals surface area contributed by atoms with E-state index in [0.717, 1.165) is 0 Å². The highest BCUT2D eigenvalue weighted by Gasteiger charge is 2.44. The van der Waals surface area contributed by atoms with Crippen LogP contribution >= 0.6 is 12.2 Å². The van der Waals surface area contributed by atoms with Crippen LogP contribution in [0.15, 0.2) is 6.07 Å². The molecule has 0 radical (unpaired) electrons. The Morgan fingerprint density at radius 1 is 1.27 bits per heavy atom. The van der Waals surface area contributed by atoms with Gasteiger partial charge in [-0.1, -0.05) is 12.2 Å². The van der Waals surface area contributed by atoms with E-state index in [9.17, 15) is 25.7 Å². The molecule has 7 nitrogen and oxygen atoms in total. The molecule has 0 bridgehead atoms. The second-order valence-electron chi connectivity index (χ2n) is 5.35. The second-order valence-corrected chi connectivity index (χ2v) is 5.74. The van der Waals surface area contributed by atoms with Crippen molar-refractivity contribution in [2.75, 3.05) is 6.61 Å². The van der Waals surface area contributed by atoms with Gasteiger partial charge in [0.15, 0.2) is 6.23 Å².